The predicted molar refractivity (Wildman–Crippen MR) is 145 cm³/mol. The number of benzene rings is 2. The first-order chi connectivity index (χ1) is 18.1. The highest BCUT2D eigenvalue weighted by Crippen LogP contribution is 2.50. The lowest BCUT2D eigenvalue weighted by atomic mass is 9.71. The molecule has 0 spiro atoms. The van der Waals surface area contributed by atoms with Gasteiger partial charge in [0, 0.05) is 47.8 Å². The molecule has 37 heavy (non-hydrogen) atoms. The van der Waals surface area contributed by atoms with Gasteiger partial charge in [0.25, 0.3) is 0 Å². The Balaban J connectivity index is 1.60. The van der Waals surface area contributed by atoms with Crippen LogP contribution >= 0.6 is 0 Å². The lowest BCUT2D eigenvalue weighted by Crippen LogP contribution is -2.39. The first-order valence-corrected chi connectivity index (χ1v) is 13.9. The fourth-order valence-corrected chi connectivity index (χ4v) is 6.01. The van der Waals surface area contributed by atoms with Crippen molar-refractivity contribution in [3.63, 3.8) is 0 Å². The van der Waals surface area contributed by atoms with Crippen LogP contribution in [0.1, 0.15) is 75.8 Å². The topological polar surface area (TPSA) is 55.8 Å². The first kappa shape index (κ1) is 25.3. The number of hydrogen-bond donors (Lipinski definition) is 0. The summed E-state index contributed by atoms with van der Waals surface area (Å²) in [5, 5.41) is 0. The summed E-state index contributed by atoms with van der Waals surface area (Å²) in [6.07, 6.45) is 6.31. The minimum atomic E-state index is -0.335. The van der Waals surface area contributed by atoms with Crippen LogP contribution in [0.15, 0.2) is 71.1 Å². The fourth-order valence-electron chi connectivity index (χ4n) is 6.01. The molecule has 2 aromatic carbocycles. The van der Waals surface area contributed by atoms with Crippen molar-refractivity contribution in [1.29, 1.82) is 0 Å². The highest BCUT2D eigenvalue weighted by Gasteiger charge is 2.43. The normalized spacial score (nSPS) is 18.2. The summed E-state index contributed by atoms with van der Waals surface area (Å²) in [6.45, 7) is 5.94. The minimum absolute atomic E-state index is 0.171. The van der Waals surface area contributed by atoms with E-state index < -0.39 is 0 Å². The summed E-state index contributed by atoms with van der Waals surface area (Å²) in [5.74, 6) is 1.39. The van der Waals surface area contributed by atoms with E-state index in [0.717, 1.165) is 73.2 Å². The number of ether oxygens (including phenoxy) is 2. The Morgan fingerprint density at radius 1 is 0.811 bits per heavy atom. The van der Waals surface area contributed by atoms with Crippen LogP contribution in [-0.4, -0.2) is 36.2 Å². The Labute approximate surface area is 220 Å². The Morgan fingerprint density at radius 2 is 1.49 bits per heavy atom. The summed E-state index contributed by atoms with van der Waals surface area (Å²) in [5.41, 5.74) is 6.09. The minimum Gasteiger partial charge on any atom is -0.490 e. The standard InChI is InChI=1S/C32H37NO4/c1-3-20-37-28-17-16-23(21-29(28)36-4-2)30-31-24(12-8-14-26(31)34)33(19-18-22-10-6-5-7-11-22)25-13-9-15-27(35)32(25)30/h5-7,10-11,16-17,21,30H,3-4,8-9,12-15,18-20H2,1-2H3. The maximum atomic E-state index is 13.6. The molecule has 3 aliphatic rings. The molecule has 0 saturated carbocycles. The third kappa shape index (κ3) is 5.09. The third-order valence-electron chi connectivity index (χ3n) is 7.62. The van der Waals surface area contributed by atoms with E-state index in [4.69, 9.17) is 9.47 Å². The molecule has 1 aliphatic heterocycles. The smallest absolute Gasteiger partial charge is 0.161 e. The molecular formula is C32H37NO4. The van der Waals surface area contributed by atoms with Crippen molar-refractivity contribution in [2.24, 2.45) is 0 Å². The SMILES string of the molecule is CCCOc1ccc(C2C3=C(CCCC3=O)N(CCc3ccccc3)C3=C2C(=O)CCC3)cc1OCC. The van der Waals surface area contributed by atoms with E-state index in [1.54, 1.807) is 0 Å². The molecular weight excluding hydrogens is 462 g/mol. The lowest BCUT2D eigenvalue weighted by Gasteiger charge is -2.44. The molecule has 0 aromatic heterocycles. The highest BCUT2D eigenvalue weighted by atomic mass is 16.5. The quantitative estimate of drug-likeness (QED) is 0.393. The number of ketones is 2. The van der Waals surface area contributed by atoms with E-state index in [1.165, 1.54) is 5.56 Å². The molecule has 194 valence electrons. The van der Waals surface area contributed by atoms with Gasteiger partial charge in [0.15, 0.2) is 23.1 Å². The molecule has 0 fully saturated rings. The van der Waals surface area contributed by atoms with Crippen molar-refractivity contribution in [2.45, 2.75) is 71.1 Å². The maximum Gasteiger partial charge on any atom is 0.161 e. The molecule has 5 heteroatoms. The van der Waals surface area contributed by atoms with E-state index in [2.05, 4.69) is 36.1 Å². The van der Waals surface area contributed by atoms with Crippen LogP contribution in [0.2, 0.25) is 0 Å². The van der Waals surface area contributed by atoms with E-state index in [9.17, 15) is 9.59 Å². The van der Waals surface area contributed by atoms with Crippen LogP contribution < -0.4 is 9.47 Å². The van der Waals surface area contributed by atoms with Crippen LogP contribution in [0.4, 0.5) is 0 Å². The molecule has 0 amide bonds. The van der Waals surface area contributed by atoms with Crippen molar-refractivity contribution in [3.8, 4) is 11.5 Å². The fraction of sp³-hybridized carbons (Fsp3) is 0.438. The number of nitrogens with zero attached hydrogens (tertiary/aromatic N) is 1. The van der Waals surface area contributed by atoms with Gasteiger partial charge in [0.1, 0.15) is 0 Å². The zero-order valence-electron chi connectivity index (χ0n) is 22.1. The van der Waals surface area contributed by atoms with Gasteiger partial charge in [-0.15, -0.1) is 0 Å². The summed E-state index contributed by atoms with van der Waals surface area (Å²) < 4.78 is 11.9. The Morgan fingerprint density at radius 3 is 2.11 bits per heavy atom. The zero-order valence-corrected chi connectivity index (χ0v) is 22.1. The van der Waals surface area contributed by atoms with Gasteiger partial charge < -0.3 is 14.4 Å². The first-order valence-electron chi connectivity index (χ1n) is 13.9. The summed E-state index contributed by atoms with van der Waals surface area (Å²) in [4.78, 5) is 29.5. The number of hydrogen-bond acceptors (Lipinski definition) is 5. The molecule has 5 nitrogen and oxygen atoms in total. The highest BCUT2D eigenvalue weighted by molar-refractivity contribution is 6.06. The Bertz CT molecular complexity index is 1180. The average molecular weight is 500 g/mol. The lowest BCUT2D eigenvalue weighted by molar-refractivity contribution is -0.117. The van der Waals surface area contributed by atoms with E-state index in [1.807, 2.05) is 31.2 Å². The molecule has 2 aromatic rings. The van der Waals surface area contributed by atoms with Gasteiger partial charge in [-0.1, -0.05) is 43.3 Å². The number of allylic oxidation sites excluding steroid dienone is 4. The average Bonchev–Trinajstić information content (AvgIpc) is 2.92. The van der Waals surface area contributed by atoms with Gasteiger partial charge >= 0.3 is 0 Å². The van der Waals surface area contributed by atoms with Crippen LogP contribution in [-0.2, 0) is 16.0 Å². The van der Waals surface area contributed by atoms with E-state index in [-0.39, 0.29) is 17.5 Å². The molecule has 0 bridgehead atoms. The number of rotatable bonds is 9. The predicted octanol–water partition coefficient (Wildman–Crippen LogP) is 6.53. The van der Waals surface area contributed by atoms with Gasteiger partial charge in [-0.25, -0.2) is 0 Å². The number of Topliss-reactive ketones (excluding diaryl/α,β-unsaturated/α-hetero) is 2. The molecule has 5 rings (SSSR count). The van der Waals surface area contributed by atoms with Crippen molar-refractivity contribution < 1.29 is 19.1 Å². The molecule has 0 N–H and O–H groups in total. The molecule has 1 heterocycles. The largest absolute Gasteiger partial charge is 0.490 e. The van der Waals surface area contributed by atoms with Gasteiger partial charge in [0.05, 0.1) is 13.2 Å². The van der Waals surface area contributed by atoms with Gasteiger partial charge in [-0.2, -0.15) is 0 Å². The third-order valence-corrected chi connectivity index (χ3v) is 7.62. The molecule has 0 unspecified atom stereocenters. The van der Waals surface area contributed by atoms with Crippen LogP contribution in [0, 0.1) is 0 Å². The summed E-state index contributed by atoms with van der Waals surface area (Å²) in [6, 6.07) is 16.4. The second-order valence-corrected chi connectivity index (χ2v) is 10.1. The van der Waals surface area contributed by atoms with Crippen molar-refractivity contribution in [3.05, 3.63) is 82.2 Å². The second-order valence-electron chi connectivity index (χ2n) is 10.1. The molecule has 0 radical (unpaired) electrons. The van der Waals surface area contributed by atoms with Gasteiger partial charge in [-0.05, 0) is 68.7 Å². The number of carbonyl (C=O) groups excluding carboxylic acids is 2. The number of carbonyl (C=O) groups is 2. The zero-order chi connectivity index (χ0) is 25.8. The molecule has 0 atom stereocenters. The molecule has 2 aliphatic carbocycles. The Hall–Kier alpha value is -3.34. The van der Waals surface area contributed by atoms with Gasteiger partial charge in [0.2, 0.25) is 0 Å². The van der Waals surface area contributed by atoms with Crippen LogP contribution in [0.5, 0.6) is 11.5 Å². The van der Waals surface area contributed by atoms with Crippen LogP contribution in [0.25, 0.3) is 0 Å². The van der Waals surface area contributed by atoms with Gasteiger partial charge in [-0.3, -0.25) is 9.59 Å². The summed E-state index contributed by atoms with van der Waals surface area (Å²) in [7, 11) is 0. The van der Waals surface area contributed by atoms with Crippen LogP contribution in [0.3, 0.4) is 0 Å². The van der Waals surface area contributed by atoms with E-state index >= 15 is 0 Å². The maximum absolute atomic E-state index is 13.6. The van der Waals surface area contributed by atoms with Crippen molar-refractivity contribution in [1.82, 2.24) is 4.90 Å². The van der Waals surface area contributed by atoms with E-state index in [0.29, 0.717) is 37.6 Å². The summed E-state index contributed by atoms with van der Waals surface area (Å²) >= 11 is 0. The molecule has 0 saturated heterocycles. The van der Waals surface area contributed by atoms with Crippen molar-refractivity contribution in [2.75, 3.05) is 19.8 Å². The Kier molecular flexibility index (Phi) is 7.78. The second kappa shape index (κ2) is 11.4. The monoisotopic (exact) mass is 499 g/mol. The van der Waals surface area contributed by atoms with Crippen molar-refractivity contribution >= 4 is 11.6 Å².